The number of aliphatic carboxylic acids is 1. The molecule has 26 heavy (non-hydrogen) atoms. The molecule has 3 rings (SSSR count). The van der Waals surface area contributed by atoms with Gasteiger partial charge in [-0.3, -0.25) is 4.79 Å². The number of nitrogens with one attached hydrogen (secondary N) is 2. The number of carbonyl (C=O) groups is 1. The number of hydrogen-bond donors (Lipinski definition) is 3. The Bertz CT molecular complexity index is 905. The van der Waals surface area contributed by atoms with E-state index in [1.165, 1.54) is 6.26 Å². The molecule has 0 saturated carbocycles. The molecule has 1 aromatic carbocycles. The lowest BCUT2D eigenvalue weighted by Crippen LogP contribution is -2.40. The fourth-order valence-electron chi connectivity index (χ4n) is 3.56. The minimum atomic E-state index is -1.30. The van der Waals surface area contributed by atoms with Gasteiger partial charge in [-0.2, -0.15) is 5.10 Å². The number of hydrogen-bond acceptors (Lipinski definition) is 4. The number of rotatable bonds is 6. The number of aryl methyl sites for hydroxylation is 1. The van der Waals surface area contributed by atoms with Gasteiger partial charge in [-0.05, 0) is 18.4 Å². The van der Waals surface area contributed by atoms with E-state index < -0.39 is 22.6 Å². The zero-order chi connectivity index (χ0) is 18.9. The third kappa shape index (κ3) is 3.14. The number of ether oxygens (including phenoxy) is 1. The number of nitrogens with zero attached hydrogens (tertiary/aromatic N) is 1. The summed E-state index contributed by atoms with van der Waals surface area (Å²) in [5.41, 5.74) is 3.37. The Morgan fingerprint density at radius 2 is 2.23 bits per heavy atom. The Balaban J connectivity index is 2.28. The van der Waals surface area contributed by atoms with Crippen LogP contribution in [0.4, 0.5) is 0 Å². The van der Waals surface area contributed by atoms with Crippen LogP contribution in [0.2, 0.25) is 0 Å². The van der Waals surface area contributed by atoms with Crippen LogP contribution in [0, 0.1) is 0 Å². The number of para-hydroxylation sites is 1. The molecule has 2 aromatic rings. The lowest BCUT2D eigenvalue weighted by molar-refractivity contribution is -0.146. The highest BCUT2D eigenvalue weighted by Crippen LogP contribution is 2.42. The van der Waals surface area contributed by atoms with E-state index in [1.807, 2.05) is 25.1 Å². The Labute approximate surface area is 154 Å². The van der Waals surface area contributed by atoms with E-state index in [1.54, 1.807) is 0 Å². The maximum absolute atomic E-state index is 11.5. The summed E-state index contributed by atoms with van der Waals surface area (Å²) in [7, 11) is -1.30. The van der Waals surface area contributed by atoms with Crippen LogP contribution in [0.3, 0.4) is 0 Å². The van der Waals surface area contributed by atoms with Gasteiger partial charge in [0.15, 0.2) is 0 Å². The van der Waals surface area contributed by atoms with Crippen LogP contribution in [0.15, 0.2) is 23.3 Å². The molecule has 1 aromatic heterocycles. The van der Waals surface area contributed by atoms with Gasteiger partial charge in [0, 0.05) is 22.7 Å². The molecule has 8 heteroatoms. The first-order valence-electron chi connectivity index (χ1n) is 8.57. The topological polar surface area (TPSA) is 104 Å². The Kier molecular flexibility index (Phi) is 5.15. The van der Waals surface area contributed by atoms with Gasteiger partial charge < -0.3 is 14.8 Å². The van der Waals surface area contributed by atoms with Gasteiger partial charge in [-0.25, -0.2) is 9.04 Å². The Hall–Kier alpha value is -2.19. The third-order valence-electron chi connectivity index (χ3n) is 4.85. The Morgan fingerprint density at radius 1 is 1.46 bits per heavy atom. The minimum absolute atomic E-state index is 0.134. The molecular formula is C18H23N3O4S. The van der Waals surface area contributed by atoms with Gasteiger partial charge >= 0.3 is 5.97 Å². The quantitative estimate of drug-likeness (QED) is 0.673. The molecule has 2 atom stereocenters. The molecule has 0 radical (unpaired) electrons. The second-order valence-electron chi connectivity index (χ2n) is 6.38. The number of aromatic amines is 1. The van der Waals surface area contributed by atoms with E-state index in [9.17, 15) is 14.1 Å². The standard InChI is InChI=1S/C18H23N3O4S/c1-4-11-7-6-8-12-15-13(20-21-26(3)24)10-25-18(5-2,9-14(22)23)17(15)19-16(11)12/h6-8,19,21H,4-5,9-10H2,1-3H3,(H,22,23)/b20-13+. The van der Waals surface area contributed by atoms with Crippen molar-refractivity contribution in [2.24, 2.45) is 5.10 Å². The summed E-state index contributed by atoms with van der Waals surface area (Å²) in [6.07, 6.45) is 2.73. The SMILES string of the molecule is CCc1cccc2c3c([nH]c12)C(CC)(CC(=O)O)OC/C3=N\NS(C)=O. The van der Waals surface area contributed by atoms with E-state index in [0.29, 0.717) is 12.1 Å². The predicted octanol–water partition coefficient (Wildman–Crippen LogP) is 2.43. The van der Waals surface area contributed by atoms with Gasteiger partial charge in [0.05, 0.1) is 24.4 Å². The first kappa shape index (κ1) is 18.6. The number of carboxylic acids is 1. The predicted molar refractivity (Wildman–Crippen MR) is 102 cm³/mol. The molecule has 0 aliphatic carbocycles. The molecule has 1 aliphatic heterocycles. The summed E-state index contributed by atoms with van der Waals surface area (Å²) in [6.45, 7) is 4.15. The van der Waals surface area contributed by atoms with Gasteiger partial charge in [-0.15, -0.1) is 0 Å². The molecule has 3 N–H and O–H groups in total. The fourth-order valence-corrected chi connectivity index (χ4v) is 3.80. The van der Waals surface area contributed by atoms with Crippen LogP contribution in [-0.4, -0.2) is 38.8 Å². The summed E-state index contributed by atoms with van der Waals surface area (Å²) in [5.74, 6) is -0.916. The summed E-state index contributed by atoms with van der Waals surface area (Å²) in [5, 5.41) is 14.7. The molecule has 140 valence electrons. The maximum atomic E-state index is 11.5. The molecule has 1 aliphatic rings. The van der Waals surface area contributed by atoms with Gasteiger partial charge in [-0.1, -0.05) is 32.0 Å². The molecule has 0 fully saturated rings. The van der Waals surface area contributed by atoms with E-state index in [4.69, 9.17) is 4.74 Å². The number of benzene rings is 1. The smallest absolute Gasteiger partial charge is 0.306 e. The van der Waals surface area contributed by atoms with E-state index in [2.05, 4.69) is 21.8 Å². The zero-order valence-corrected chi connectivity index (χ0v) is 15.9. The molecule has 0 spiro atoms. The van der Waals surface area contributed by atoms with Crippen molar-refractivity contribution >= 4 is 33.6 Å². The van der Waals surface area contributed by atoms with Gasteiger partial charge in [0.2, 0.25) is 0 Å². The van der Waals surface area contributed by atoms with Crippen molar-refractivity contribution in [3.63, 3.8) is 0 Å². The number of fused-ring (bicyclic) bond motifs is 3. The summed E-state index contributed by atoms with van der Waals surface area (Å²) >= 11 is 0. The van der Waals surface area contributed by atoms with Crippen molar-refractivity contribution < 1.29 is 18.8 Å². The molecular weight excluding hydrogens is 354 g/mol. The second kappa shape index (κ2) is 7.20. The number of aromatic nitrogens is 1. The molecule has 0 bridgehead atoms. The molecule has 0 saturated heterocycles. The molecule has 2 unspecified atom stereocenters. The second-order valence-corrected chi connectivity index (χ2v) is 7.47. The highest BCUT2D eigenvalue weighted by molar-refractivity contribution is 7.82. The van der Waals surface area contributed by atoms with Crippen molar-refractivity contribution in [1.29, 1.82) is 0 Å². The zero-order valence-electron chi connectivity index (χ0n) is 15.1. The van der Waals surface area contributed by atoms with Crippen LogP contribution in [-0.2, 0) is 32.5 Å². The normalized spacial score (nSPS) is 22.3. The van der Waals surface area contributed by atoms with Crippen LogP contribution < -0.4 is 4.83 Å². The van der Waals surface area contributed by atoms with Gasteiger partial charge in [0.25, 0.3) is 0 Å². The summed E-state index contributed by atoms with van der Waals surface area (Å²) < 4.78 is 17.4. The molecule has 0 amide bonds. The largest absolute Gasteiger partial charge is 0.481 e. The average Bonchev–Trinajstić information content (AvgIpc) is 3.01. The van der Waals surface area contributed by atoms with Gasteiger partial charge in [0.1, 0.15) is 16.6 Å². The average molecular weight is 377 g/mol. The third-order valence-corrected chi connectivity index (χ3v) is 5.20. The van der Waals surface area contributed by atoms with Crippen LogP contribution in [0.25, 0.3) is 10.9 Å². The lowest BCUT2D eigenvalue weighted by Gasteiger charge is -2.36. The number of carboxylic acid groups (broad SMARTS) is 1. The van der Waals surface area contributed by atoms with Crippen molar-refractivity contribution in [1.82, 2.24) is 9.82 Å². The van der Waals surface area contributed by atoms with Crippen LogP contribution in [0.5, 0.6) is 0 Å². The van der Waals surface area contributed by atoms with E-state index in [0.717, 1.165) is 34.1 Å². The molecule has 7 nitrogen and oxygen atoms in total. The maximum Gasteiger partial charge on any atom is 0.306 e. The molecule has 2 heterocycles. The van der Waals surface area contributed by atoms with Crippen molar-refractivity contribution in [2.75, 3.05) is 12.9 Å². The van der Waals surface area contributed by atoms with Crippen molar-refractivity contribution in [3.05, 3.63) is 35.0 Å². The van der Waals surface area contributed by atoms with Crippen LogP contribution in [0.1, 0.15) is 43.5 Å². The van der Waals surface area contributed by atoms with E-state index in [-0.39, 0.29) is 13.0 Å². The lowest BCUT2D eigenvalue weighted by atomic mass is 9.85. The van der Waals surface area contributed by atoms with Crippen molar-refractivity contribution in [3.8, 4) is 0 Å². The number of hydrazone groups is 1. The highest BCUT2D eigenvalue weighted by Gasteiger charge is 2.43. The first-order valence-corrected chi connectivity index (χ1v) is 10.1. The Morgan fingerprint density at radius 3 is 2.85 bits per heavy atom. The van der Waals surface area contributed by atoms with Crippen molar-refractivity contribution in [2.45, 2.75) is 38.7 Å². The monoisotopic (exact) mass is 377 g/mol. The highest BCUT2D eigenvalue weighted by atomic mass is 32.2. The fraction of sp³-hybridized carbons (Fsp3) is 0.444. The first-order chi connectivity index (χ1) is 12.4. The number of H-pyrrole nitrogens is 1. The summed E-state index contributed by atoms with van der Waals surface area (Å²) in [6, 6.07) is 6.03. The minimum Gasteiger partial charge on any atom is -0.481 e. The summed E-state index contributed by atoms with van der Waals surface area (Å²) in [4.78, 5) is 17.5. The van der Waals surface area contributed by atoms with Crippen LogP contribution >= 0.6 is 0 Å². The van der Waals surface area contributed by atoms with E-state index >= 15 is 0 Å².